The van der Waals surface area contributed by atoms with Gasteiger partial charge in [0.15, 0.2) is 5.11 Å². The van der Waals surface area contributed by atoms with Crippen LogP contribution < -0.4 is 11.1 Å². The first-order chi connectivity index (χ1) is 9.74. The Hall–Kier alpha value is -2.39. The monoisotopic (exact) mass is 278 g/mol. The first-order valence-corrected chi connectivity index (χ1v) is 6.79. The molecule has 20 heavy (non-hydrogen) atoms. The molecule has 0 saturated carbocycles. The normalized spacial score (nSPS) is 10.4. The van der Waals surface area contributed by atoms with Crippen molar-refractivity contribution in [1.29, 1.82) is 0 Å². The molecule has 0 heterocycles. The van der Waals surface area contributed by atoms with Gasteiger partial charge >= 0.3 is 0 Å². The van der Waals surface area contributed by atoms with Gasteiger partial charge in [-0.1, -0.05) is 54.6 Å². The van der Waals surface area contributed by atoms with Gasteiger partial charge in [-0.05, 0) is 46.2 Å². The van der Waals surface area contributed by atoms with Crippen LogP contribution in [0.15, 0.2) is 66.7 Å². The highest BCUT2D eigenvalue weighted by Gasteiger charge is 2.03. The van der Waals surface area contributed by atoms with E-state index in [0.717, 1.165) is 5.69 Å². The average molecular weight is 278 g/mol. The second kappa shape index (κ2) is 5.31. The van der Waals surface area contributed by atoms with Crippen LogP contribution in [0.1, 0.15) is 0 Å². The van der Waals surface area contributed by atoms with Crippen LogP contribution >= 0.6 is 12.2 Å². The molecule has 0 aliphatic heterocycles. The molecule has 2 nitrogen and oxygen atoms in total. The molecule has 0 spiro atoms. The number of nitrogens with one attached hydrogen (secondary N) is 1. The summed E-state index contributed by atoms with van der Waals surface area (Å²) in [6, 6.07) is 22.8. The van der Waals surface area contributed by atoms with Gasteiger partial charge in [-0.15, -0.1) is 0 Å². The van der Waals surface area contributed by atoms with Gasteiger partial charge in [-0.25, -0.2) is 0 Å². The van der Waals surface area contributed by atoms with Crippen molar-refractivity contribution in [1.82, 2.24) is 0 Å². The standard InChI is InChI=1S/C17H14N2S/c18-17(20)19-14-10-8-13(9-11-14)16-7-3-5-12-4-1-2-6-15(12)16/h1-11H,(H3,18,19,20). The summed E-state index contributed by atoms with van der Waals surface area (Å²) >= 11 is 4.83. The fourth-order valence-electron chi connectivity index (χ4n) is 2.35. The minimum Gasteiger partial charge on any atom is -0.376 e. The molecule has 0 atom stereocenters. The van der Waals surface area contributed by atoms with Crippen molar-refractivity contribution in [3.05, 3.63) is 66.7 Å². The highest BCUT2D eigenvalue weighted by atomic mass is 32.1. The number of anilines is 1. The largest absolute Gasteiger partial charge is 0.376 e. The summed E-state index contributed by atoms with van der Waals surface area (Å²) in [4.78, 5) is 0. The minimum atomic E-state index is 0.280. The van der Waals surface area contributed by atoms with Crippen molar-refractivity contribution in [2.45, 2.75) is 0 Å². The van der Waals surface area contributed by atoms with Gasteiger partial charge in [0.05, 0.1) is 0 Å². The Labute approximate surface area is 123 Å². The van der Waals surface area contributed by atoms with Crippen LogP contribution in [0.3, 0.4) is 0 Å². The van der Waals surface area contributed by atoms with E-state index in [4.69, 9.17) is 18.0 Å². The lowest BCUT2D eigenvalue weighted by Crippen LogP contribution is -2.18. The molecule has 3 heteroatoms. The predicted octanol–water partition coefficient (Wildman–Crippen LogP) is 4.16. The summed E-state index contributed by atoms with van der Waals surface area (Å²) in [7, 11) is 0. The van der Waals surface area contributed by atoms with Crippen LogP contribution in [0, 0.1) is 0 Å². The molecule has 0 aromatic heterocycles. The molecule has 0 aliphatic carbocycles. The second-order valence-corrected chi connectivity index (χ2v) is 5.03. The van der Waals surface area contributed by atoms with Crippen LogP contribution in [0.5, 0.6) is 0 Å². The number of nitrogens with two attached hydrogens (primary N) is 1. The Morgan fingerprint density at radius 2 is 1.55 bits per heavy atom. The van der Waals surface area contributed by atoms with E-state index < -0.39 is 0 Å². The molecule has 3 aromatic carbocycles. The van der Waals surface area contributed by atoms with E-state index in [0.29, 0.717) is 0 Å². The molecule has 0 bridgehead atoms. The van der Waals surface area contributed by atoms with Crippen LogP contribution in [0.2, 0.25) is 0 Å². The third kappa shape index (κ3) is 2.49. The lowest BCUT2D eigenvalue weighted by Gasteiger charge is -2.08. The summed E-state index contributed by atoms with van der Waals surface area (Å²) in [5.74, 6) is 0. The Morgan fingerprint density at radius 3 is 2.30 bits per heavy atom. The van der Waals surface area contributed by atoms with Crippen LogP contribution in [0.25, 0.3) is 21.9 Å². The van der Waals surface area contributed by atoms with Crippen LogP contribution in [-0.4, -0.2) is 5.11 Å². The zero-order valence-corrected chi connectivity index (χ0v) is 11.7. The van der Waals surface area contributed by atoms with Gasteiger partial charge in [0.25, 0.3) is 0 Å². The molecule has 0 radical (unpaired) electrons. The van der Waals surface area contributed by atoms with Gasteiger partial charge < -0.3 is 11.1 Å². The van der Waals surface area contributed by atoms with Crippen molar-refractivity contribution in [2.24, 2.45) is 5.73 Å². The zero-order valence-electron chi connectivity index (χ0n) is 10.8. The zero-order chi connectivity index (χ0) is 13.9. The van der Waals surface area contributed by atoms with Gasteiger partial charge in [-0.2, -0.15) is 0 Å². The molecule has 98 valence electrons. The Kier molecular flexibility index (Phi) is 3.35. The third-order valence-corrected chi connectivity index (χ3v) is 3.36. The first kappa shape index (κ1) is 12.6. The van der Waals surface area contributed by atoms with E-state index in [1.54, 1.807) is 0 Å². The summed E-state index contributed by atoms with van der Waals surface area (Å²) < 4.78 is 0. The Balaban J connectivity index is 2.05. The average Bonchev–Trinajstić information content (AvgIpc) is 2.47. The summed E-state index contributed by atoms with van der Waals surface area (Å²) in [6.45, 7) is 0. The van der Waals surface area contributed by atoms with Gasteiger partial charge in [-0.3, -0.25) is 0 Å². The van der Waals surface area contributed by atoms with Gasteiger partial charge in [0.2, 0.25) is 0 Å². The van der Waals surface area contributed by atoms with E-state index in [1.807, 2.05) is 12.1 Å². The van der Waals surface area contributed by atoms with Crippen LogP contribution in [-0.2, 0) is 0 Å². The maximum atomic E-state index is 5.47. The number of thiocarbonyl (C=S) groups is 1. The van der Waals surface area contributed by atoms with Crippen LogP contribution in [0.4, 0.5) is 5.69 Å². The maximum absolute atomic E-state index is 5.47. The molecule has 3 rings (SSSR count). The second-order valence-electron chi connectivity index (χ2n) is 4.59. The lowest BCUT2D eigenvalue weighted by atomic mass is 9.98. The van der Waals surface area contributed by atoms with Crippen molar-refractivity contribution in [2.75, 3.05) is 5.32 Å². The van der Waals surface area contributed by atoms with E-state index in [1.165, 1.54) is 21.9 Å². The molecule has 0 unspecified atom stereocenters. The molecule has 3 N–H and O–H groups in total. The number of hydrogen-bond acceptors (Lipinski definition) is 1. The molecule has 0 saturated heterocycles. The molecule has 0 amide bonds. The van der Waals surface area contributed by atoms with Gasteiger partial charge in [0, 0.05) is 5.69 Å². The smallest absolute Gasteiger partial charge is 0.168 e. The van der Waals surface area contributed by atoms with Crippen molar-refractivity contribution in [3.63, 3.8) is 0 Å². The number of benzene rings is 3. The SMILES string of the molecule is NC(=S)Nc1ccc(-c2cccc3ccccc23)cc1. The maximum Gasteiger partial charge on any atom is 0.168 e. The van der Waals surface area contributed by atoms with E-state index >= 15 is 0 Å². The highest BCUT2D eigenvalue weighted by Crippen LogP contribution is 2.29. The fraction of sp³-hybridized carbons (Fsp3) is 0. The minimum absolute atomic E-state index is 0.280. The Morgan fingerprint density at radius 1 is 0.850 bits per heavy atom. The summed E-state index contributed by atoms with van der Waals surface area (Å²) in [5, 5.41) is 5.71. The van der Waals surface area contributed by atoms with Crippen molar-refractivity contribution < 1.29 is 0 Å². The first-order valence-electron chi connectivity index (χ1n) is 6.39. The van der Waals surface area contributed by atoms with E-state index in [9.17, 15) is 0 Å². The Bertz CT molecular complexity index is 758. The summed E-state index contributed by atoms with van der Waals surface area (Å²) in [6.07, 6.45) is 0. The topological polar surface area (TPSA) is 38.0 Å². The number of hydrogen-bond donors (Lipinski definition) is 2. The molecule has 3 aromatic rings. The molecular weight excluding hydrogens is 264 g/mol. The fourth-order valence-corrected chi connectivity index (χ4v) is 2.47. The number of fused-ring (bicyclic) bond motifs is 1. The third-order valence-electron chi connectivity index (χ3n) is 3.25. The number of rotatable bonds is 2. The molecule has 0 fully saturated rings. The predicted molar refractivity (Wildman–Crippen MR) is 89.8 cm³/mol. The molecular formula is C17H14N2S. The van der Waals surface area contributed by atoms with Gasteiger partial charge in [0.1, 0.15) is 0 Å². The molecule has 0 aliphatic rings. The van der Waals surface area contributed by atoms with E-state index in [-0.39, 0.29) is 5.11 Å². The van der Waals surface area contributed by atoms with E-state index in [2.05, 4.69) is 59.9 Å². The summed E-state index contributed by atoms with van der Waals surface area (Å²) in [5.41, 5.74) is 8.78. The van der Waals surface area contributed by atoms with Crippen molar-refractivity contribution >= 4 is 33.8 Å². The highest BCUT2D eigenvalue weighted by molar-refractivity contribution is 7.80. The lowest BCUT2D eigenvalue weighted by molar-refractivity contribution is 1.59. The van der Waals surface area contributed by atoms with Crippen molar-refractivity contribution in [3.8, 4) is 11.1 Å². The quantitative estimate of drug-likeness (QED) is 0.691.